The average Bonchev–Trinajstić information content (AvgIpc) is 2.04. The summed E-state index contributed by atoms with van der Waals surface area (Å²) in [6.07, 6.45) is 0. The minimum atomic E-state index is -4.37. The Bertz CT molecular complexity index is 297. The zero-order valence-corrected chi connectivity index (χ0v) is 7.65. The van der Waals surface area contributed by atoms with Crippen LogP contribution in [0, 0.1) is 0 Å². The molecule has 0 spiro atoms. The highest BCUT2D eigenvalue weighted by Crippen LogP contribution is 2.35. The molecule has 1 rings (SSSR count). The van der Waals surface area contributed by atoms with Crippen LogP contribution in [0.25, 0.3) is 0 Å². The minimum Gasteiger partial charge on any atom is -0.362 e. The van der Waals surface area contributed by atoms with E-state index >= 15 is 0 Å². The van der Waals surface area contributed by atoms with E-state index < -0.39 is 7.82 Å². The molecule has 72 valence electrons. The largest absolute Gasteiger partial charge is 0.471 e. The molecule has 0 bridgehead atoms. The summed E-state index contributed by atoms with van der Waals surface area (Å²) in [5.74, 6) is 0. The Kier molecular flexibility index (Phi) is 3.45. The molecule has 0 unspecified atom stereocenters. The number of hydrogen-bond acceptors (Lipinski definition) is 3. The van der Waals surface area contributed by atoms with E-state index in [4.69, 9.17) is 9.79 Å². The van der Waals surface area contributed by atoms with Crippen LogP contribution in [0.5, 0.6) is 0 Å². The van der Waals surface area contributed by atoms with Crippen molar-refractivity contribution in [2.75, 3.05) is 12.0 Å². The summed E-state index contributed by atoms with van der Waals surface area (Å²) >= 11 is 0. The van der Waals surface area contributed by atoms with Gasteiger partial charge in [-0.3, -0.25) is 4.52 Å². The van der Waals surface area contributed by atoms with Gasteiger partial charge in [-0.15, -0.1) is 0 Å². The zero-order valence-electron chi connectivity index (χ0n) is 6.75. The van der Waals surface area contributed by atoms with Gasteiger partial charge in [0.2, 0.25) is 0 Å². The molecule has 0 aromatic heterocycles. The van der Waals surface area contributed by atoms with E-state index in [1.54, 1.807) is 24.3 Å². The van der Waals surface area contributed by atoms with Crippen molar-refractivity contribution < 1.29 is 18.9 Å². The van der Waals surface area contributed by atoms with Crippen molar-refractivity contribution in [3.8, 4) is 0 Å². The van der Waals surface area contributed by atoms with Crippen LogP contribution in [0.15, 0.2) is 30.3 Å². The van der Waals surface area contributed by atoms with Crippen molar-refractivity contribution in [2.24, 2.45) is 0 Å². The summed E-state index contributed by atoms with van der Waals surface area (Å²) in [6.45, 7) is -0.214. The van der Waals surface area contributed by atoms with E-state index in [1.165, 1.54) is 0 Å². The fourth-order valence-electron chi connectivity index (χ4n) is 0.756. The molecular weight excluding hydrogens is 193 g/mol. The van der Waals surface area contributed by atoms with Gasteiger partial charge in [0.05, 0.1) is 0 Å². The lowest BCUT2D eigenvalue weighted by Crippen LogP contribution is -2.03. The van der Waals surface area contributed by atoms with Crippen molar-refractivity contribution in [1.82, 2.24) is 0 Å². The predicted octanol–water partition coefficient (Wildman–Crippen LogP) is 1.17. The number of phosphoric ester groups is 1. The van der Waals surface area contributed by atoms with Crippen LogP contribution in [-0.4, -0.2) is 16.5 Å². The van der Waals surface area contributed by atoms with Crippen molar-refractivity contribution in [3.63, 3.8) is 0 Å². The third-order valence-corrected chi connectivity index (χ3v) is 1.75. The number of rotatable bonds is 4. The molecule has 0 saturated carbocycles. The maximum atomic E-state index is 10.3. The molecule has 5 nitrogen and oxygen atoms in total. The van der Waals surface area contributed by atoms with Gasteiger partial charge in [-0.25, -0.2) is 4.57 Å². The standard InChI is InChI=1S/C7H10NO4P/c9-13(10,11)12-6-8-7-4-2-1-3-5-7/h1-5,8H,6H2,(H2,9,10,11). The van der Waals surface area contributed by atoms with Crippen molar-refractivity contribution in [3.05, 3.63) is 30.3 Å². The summed E-state index contributed by atoms with van der Waals surface area (Å²) in [6, 6.07) is 8.99. The van der Waals surface area contributed by atoms with Crippen molar-refractivity contribution >= 4 is 13.5 Å². The molecule has 0 heterocycles. The maximum absolute atomic E-state index is 10.3. The smallest absolute Gasteiger partial charge is 0.362 e. The highest BCUT2D eigenvalue weighted by atomic mass is 31.2. The molecule has 0 saturated heterocycles. The lowest BCUT2D eigenvalue weighted by Gasteiger charge is -2.07. The van der Waals surface area contributed by atoms with Crippen LogP contribution >= 0.6 is 7.82 Å². The number of nitrogens with one attached hydrogen (secondary N) is 1. The van der Waals surface area contributed by atoms with E-state index in [0.29, 0.717) is 0 Å². The normalized spacial score (nSPS) is 11.2. The number of para-hydroxylation sites is 1. The first-order valence-corrected chi connectivity index (χ1v) is 5.10. The molecule has 13 heavy (non-hydrogen) atoms. The van der Waals surface area contributed by atoms with Gasteiger partial charge in [0.25, 0.3) is 0 Å². The predicted molar refractivity (Wildman–Crippen MR) is 48.1 cm³/mol. The third kappa shape index (κ3) is 4.65. The third-order valence-electron chi connectivity index (χ3n) is 1.28. The topological polar surface area (TPSA) is 78.8 Å². The number of benzene rings is 1. The summed E-state index contributed by atoms with van der Waals surface area (Å²) in [4.78, 5) is 16.7. The summed E-state index contributed by atoms with van der Waals surface area (Å²) in [5, 5.41) is 2.69. The Morgan fingerprint density at radius 1 is 1.31 bits per heavy atom. The summed E-state index contributed by atoms with van der Waals surface area (Å²) in [5.41, 5.74) is 0.746. The number of anilines is 1. The van der Waals surface area contributed by atoms with Gasteiger partial charge in [0, 0.05) is 5.69 Å². The zero-order chi connectivity index (χ0) is 9.73. The van der Waals surface area contributed by atoms with E-state index in [1.807, 2.05) is 6.07 Å². The lowest BCUT2D eigenvalue weighted by molar-refractivity contribution is 0.209. The fourth-order valence-corrected chi connectivity index (χ4v) is 0.988. The van der Waals surface area contributed by atoms with Gasteiger partial charge < -0.3 is 15.1 Å². The molecule has 0 radical (unpaired) electrons. The summed E-state index contributed by atoms with van der Waals surface area (Å²) in [7, 11) is -4.37. The Labute approximate surface area is 75.6 Å². The molecule has 1 aromatic rings. The van der Waals surface area contributed by atoms with E-state index in [9.17, 15) is 4.57 Å². The Morgan fingerprint density at radius 2 is 1.92 bits per heavy atom. The molecule has 0 aliphatic heterocycles. The monoisotopic (exact) mass is 203 g/mol. The highest BCUT2D eigenvalue weighted by Gasteiger charge is 2.12. The Hall–Kier alpha value is -0.870. The molecule has 1 aromatic carbocycles. The van der Waals surface area contributed by atoms with Gasteiger partial charge in [-0.2, -0.15) is 0 Å². The minimum absolute atomic E-state index is 0.214. The first kappa shape index (κ1) is 10.2. The first-order valence-electron chi connectivity index (χ1n) is 3.57. The Balaban J connectivity index is 2.33. The average molecular weight is 203 g/mol. The van der Waals surface area contributed by atoms with Gasteiger partial charge in [0.15, 0.2) is 0 Å². The first-order chi connectivity index (χ1) is 6.08. The van der Waals surface area contributed by atoms with Crippen LogP contribution in [0.4, 0.5) is 5.69 Å². The quantitative estimate of drug-likeness (QED) is 0.505. The molecule has 6 heteroatoms. The van der Waals surface area contributed by atoms with Crippen LogP contribution in [0.1, 0.15) is 0 Å². The molecule has 0 aliphatic carbocycles. The van der Waals surface area contributed by atoms with Crippen molar-refractivity contribution in [2.45, 2.75) is 0 Å². The number of phosphoric acid groups is 1. The molecule has 3 N–H and O–H groups in total. The van der Waals surface area contributed by atoms with Gasteiger partial charge in [-0.1, -0.05) is 18.2 Å². The fraction of sp³-hybridized carbons (Fsp3) is 0.143. The lowest BCUT2D eigenvalue weighted by atomic mass is 10.3. The second kappa shape index (κ2) is 4.39. The molecular formula is C7H10NO4P. The SMILES string of the molecule is O=P(O)(O)OCNc1ccccc1. The van der Waals surface area contributed by atoms with E-state index in [-0.39, 0.29) is 6.73 Å². The van der Waals surface area contributed by atoms with Crippen LogP contribution in [0.2, 0.25) is 0 Å². The van der Waals surface area contributed by atoms with Crippen molar-refractivity contribution in [1.29, 1.82) is 0 Å². The molecule has 0 atom stereocenters. The van der Waals surface area contributed by atoms with Gasteiger partial charge >= 0.3 is 7.82 Å². The van der Waals surface area contributed by atoms with E-state index in [2.05, 4.69) is 9.84 Å². The van der Waals surface area contributed by atoms with Gasteiger partial charge in [-0.05, 0) is 12.1 Å². The highest BCUT2D eigenvalue weighted by molar-refractivity contribution is 7.46. The van der Waals surface area contributed by atoms with Crippen LogP contribution in [0.3, 0.4) is 0 Å². The molecule has 0 aliphatic rings. The van der Waals surface area contributed by atoms with Gasteiger partial charge in [0.1, 0.15) is 6.73 Å². The maximum Gasteiger partial charge on any atom is 0.471 e. The number of hydrogen-bond donors (Lipinski definition) is 3. The summed E-state index contributed by atoms with van der Waals surface area (Å²) < 4.78 is 14.4. The molecule has 0 amide bonds. The second-order valence-electron chi connectivity index (χ2n) is 2.31. The van der Waals surface area contributed by atoms with Crippen LogP contribution in [-0.2, 0) is 9.09 Å². The Morgan fingerprint density at radius 3 is 2.46 bits per heavy atom. The second-order valence-corrected chi connectivity index (χ2v) is 3.55. The molecule has 0 fully saturated rings. The van der Waals surface area contributed by atoms with Crippen LogP contribution < -0.4 is 5.32 Å². The van der Waals surface area contributed by atoms with E-state index in [0.717, 1.165) is 5.69 Å².